The number of nitrogens with zero attached hydrogens (tertiary/aromatic N) is 3. The Hall–Kier alpha value is -3.80. The zero-order valence-corrected chi connectivity index (χ0v) is 25.5. The van der Waals surface area contributed by atoms with Gasteiger partial charge in [-0.2, -0.15) is 4.98 Å². The van der Waals surface area contributed by atoms with Gasteiger partial charge in [0.2, 0.25) is 11.8 Å². The van der Waals surface area contributed by atoms with E-state index in [-0.39, 0.29) is 45.7 Å². The van der Waals surface area contributed by atoms with E-state index < -0.39 is 11.7 Å². The van der Waals surface area contributed by atoms with Crippen LogP contribution in [0.1, 0.15) is 53.0 Å². The van der Waals surface area contributed by atoms with Crippen molar-refractivity contribution in [3.05, 3.63) is 64.1 Å². The quantitative estimate of drug-likeness (QED) is 0.300. The molecule has 1 aliphatic rings. The molecule has 2 aromatic carbocycles. The van der Waals surface area contributed by atoms with E-state index in [2.05, 4.69) is 30.2 Å². The van der Waals surface area contributed by atoms with Gasteiger partial charge in [0.1, 0.15) is 22.3 Å². The number of likely N-dealkylation sites (tertiary alicyclic amines) is 1. The number of ether oxygens (including phenoxy) is 3. The van der Waals surface area contributed by atoms with E-state index >= 15 is 4.39 Å². The second-order valence-electron chi connectivity index (χ2n) is 9.77. The molecule has 1 fully saturated rings. The van der Waals surface area contributed by atoms with Crippen LogP contribution in [0, 0.1) is 5.82 Å². The number of hydrogen-bond donors (Lipinski definition) is 2. The number of carbonyl (C=O) groups is 2. The molecule has 0 saturated carbocycles. The minimum atomic E-state index is -0.725. The van der Waals surface area contributed by atoms with E-state index in [1.54, 1.807) is 26.4 Å². The normalized spacial score (nSPS) is 13.5. The number of nitrogens with one attached hydrogen (secondary N) is 2. The molecule has 2 N–H and O–H groups in total. The summed E-state index contributed by atoms with van der Waals surface area (Å²) in [5.74, 6) is -0.772. The highest BCUT2D eigenvalue weighted by atomic mass is 35.5. The third-order valence-electron chi connectivity index (χ3n) is 6.60. The Balaban J connectivity index is 0.00000155. The first kappa shape index (κ1) is 32.7. The number of rotatable bonds is 9. The van der Waals surface area contributed by atoms with Crippen LogP contribution in [-0.2, 0) is 11.2 Å². The van der Waals surface area contributed by atoms with Gasteiger partial charge in [-0.3, -0.25) is 9.59 Å². The zero-order chi connectivity index (χ0) is 30.8. The number of hydrogen-bond acceptors (Lipinski definition) is 9. The maximum atomic E-state index is 15.1. The minimum absolute atomic E-state index is 0.0125. The Kier molecular flexibility index (Phi) is 12.0. The van der Waals surface area contributed by atoms with Crippen molar-refractivity contribution in [3.63, 3.8) is 0 Å². The van der Waals surface area contributed by atoms with E-state index in [4.69, 9.17) is 21.1 Å². The number of Topliss-reactive ketones (excluding diaryl/α,β-unsaturated/α-hetero) is 1. The molecule has 2 heterocycles. The minimum Gasteiger partial charge on any atom is -0.495 e. The molecule has 1 aliphatic heterocycles. The monoisotopic (exact) mass is 601 g/mol. The summed E-state index contributed by atoms with van der Waals surface area (Å²) >= 11 is 6.29. The average molecular weight is 602 g/mol. The summed E-state index contributed by atoms with van der Waals surface area (Å²) in [5, 5.41) is 5.93. The largest absolute Gasteiger partial charge is 0.495 e. The SMILES string of the molecule is CCc1cccc(Oc2nc(Nc3cc(F)c(C(=O)NC4CCN(C)CC4)cc3OC)ncc2Cl)c1C(C)=O.COC. The van der Waals surface area contributed by atoms with Crippen molar-refractivity contribution in [2.75, 3.05) is 46.8 Å². The first-order valence-electron chi connectivity index (χ1n) is 13.5. The van der Waals surface area contributed by atoms with Crippen LogP contribution in [0.15, 0.2) is 36.5 Å². The van der Waals surface area contributed by atoms with Gasteiger partial charge in [0.25, 0.3) is 5.91 Å². The summed E-state index contributed by atoms with van der Waals surface area (Å²) in [7, 11) is 6.69. The molecule has 0 spiro atoms. The van der Waals surface area contributed by atoms with Crippen LogP contribution >= 0.6 is 11.6 Å². The topological polar surface area (TPSA) is 115 Å². The number of piperidine rings is 1. The second-order valence-corrected chi connectivity index (χ2v) is 10.2. The fourth-order valence-corrected chi connectivity index (χ4v) is 4.60. The highest BCUT2D eigenvalue weighted by molar-refractivity contribution is 6.31. The lowest BCUT2D eigenvalue weighted by Gasteiger charge is -2.29. The lowest BCUT2D eigenvalue weighted by Crippen LogP contribution is -2.43. The van der Waals surface area contributed by atoms with Gasteiger partial charge in [0.05, 0.1) is 30.1 Å². The van der Waals surface area contributed by atoms with Crippen molar-refractivity contribution in [1.82, 2.24) is 20.2 Å². The van der Waals surface area contributed by atoms with Gasteiger partial charge in [-0.1, -0.05) is 30.7 Å². The molecule has 1 amide bonds. The lowest BCUT2D eigenvalue weighted by atomic mass is 10.0. The fraction of sp³-hybridized carbons (Fsp3) is 0.400. The zero-order valence-electron chi connectivity index (χ0n) is 24.7. The number of amides is 1. The molecule has 42 heavy (non-hydrogen) atoms. The molecule has 0 aliphatic carbocycles. The molecule has 4 rings (SSSR count). The molecule has 1 aromatic heterocycles. The number of carbonyl (C=O) groups excluding carboxylic acids is 2. The Morgan fingerprint density at radius 2 is 1.83 bits per heavy atom. The van der Waals surface area contributed by atoms with Crippen molar-refractivity contribution >= 4 is 34.9 Å². The molecule has 0 radical (unpaired) electrons. The van der Waals surface area contributed by atoms with Gasteiger partial charge in [-0.25, -0.2) is 9.37 Å². The second kappa shape index (κ2) is 15.4. The van der Waals surface area contributed by atoms with Crippen LogP contribution in [0.25, 0.3) is 0 Å². The van der Waals surface area contributed by atoms with Crippen LogP contribution in [0.5, 0.6) is 17.4 Å². The van der Waals surface area contributed by atoms with Crippen molar-refractivity contribution in [3.8, 4) is 17.4 Å². The Bertz CT molecular complexity index is 1400. The Morgan fingerprint density at radius 1 is 1.14 bits per heavy atom. The van der Waals surface area contributed by atoms with E-state index in [1.165, 1.54) is 26.3 Å². The van der Waals surface area contributed by atoms with Gasteiger partial charge < -0.3 is 29.7 Å². The van der Waals surface area contributed by atoms with Gasteiger partial charge in [-0.05, 0) is 64.0 Å². The summed E-state index contributed by atoms with van der Waals surface area (Å²) in [4.78, 5) is 35.8. The number of anilines is 2. The van der Waals surface area contributed by atoms with Gasteiger partial charge in [0.15, 0.2) is 5.78 Å². The molecular formula is C30H37ClFN5O5. The smallest absolute Gasteiger partial charge is 0.254 e. The van der Waals surface area contributed by atoms with Crippen molar-refractivity contribution < 1.29 is 28.2 Å². The van der Waals surface area contributed by atoms with E-state index in [1.807, 2.05) is 20.0 Å². The summed E-state index contributed by atoms with van der Waals surface area (Å²) in [6.07, 6.45) is 3.58. The number of aromatic nitrogens is 2. The molecule has 12 heteroatoms. The standard InChI is InChI=1S/C28H31ClFN5O4.C2H6O/c1-5-17-7-6-8-23(25(17)16(2)36)39-27-20(29)15-31-28(34-27)33-22-14-21(30)19(13-24(22)38-4)26(37)32-18-9-11-35(3)12-10-18;1-3-2/h6-8,13-15,18H,5,9-12H2,1-4H3,(H,32,37)(H,31,33,34);1-2H3. The molecule has 0 unspecified atom stereocenters. The lowest BCUT2D eigenvalue weighted by molar-refractivity contribution is 0.0911. The van der Waals surface area contributed by atoms with Crippen molar-refractivity contribution in [2.45, 2.75) is 39.2 Å². The molecule has 0 bridgehead atoms. The number of methoxy groups -OCH3 is 2. The molecule has 0 atom stereocenters. The molecule has 1 saturated heterocycles. The number of halogens is 2. The summed E-state index contributed by atoms with van der Waals surface area (Å²) in [6, 6.07) is 7.78. The molecule has 3 aromatic rings. The van der Waals surface area contributed by atoms with E-state index in [0.29, 0.717) is 17.7 Å². The van der Waals surface area contributed by atoms with Crippen molar-refractivity contribution in [2.24, 2.45) is 0 Å². The molecule has 226 valence electrons. The predicted octanol–water partition coefficient (Wildman–Crippen LogP) is 5.67. The number of benzene rings is 2. The Morgan fingerprint density at radius 3 is 2.45 bits per heavy atom. The van der Waals surface area contributed by atoms with Crippen LogP contribution in [0.3, 0.4) is 0 Å². The first-order chi connectivity index (χ1) is 20.1. The highest BCUT2D eigenvalue weighted by Crippen LogP contribution is 2.34. The van der Waals surface area contributed by atoms with E-state index in [9.17, 15) is 9.59 Å². The maximum Gasteiger partial charge on any atom is 0.254 e. The molecule has 10 nitrogen and oxygen atoms in total. The Labute approximate surface area is 250 Å². The summed E-state index contributed by atoms with van der Waals surface area (Å²) < 4.78 is 30.7. The van der Waals surface area contributed by atoms with Crippen LogP contribution in [0.4, 0.5) is 16.0 Å². The summed E-state index contributed by atoms with van der Waals surface area (Å²) in [5.41, 5.74) is 1.37. The fourth-order valence-electron chi connectivity index (χ4n) is 4.47. The molecular weight excluding hydrogens is 565 g/mol. The number of ketones is 1. The van der Waals surface area contributed by atoms with Crippen LogP contribution < -0.4 is 20.1 Å². The maximum absolute atomic E-state index is 15.1. The number of aryl methyl sites for hydroxylation is 1. The van der Waals surface area contributed by atoms with Gasteiger partial charge >= 0.3 is 0 Å². The van der Waals surface area contributed by atoms with Crippen LogP contribution in [0.2, 0.25) is 5.02 Å². The van der Waals surface area contributed by atoms with E-state index in [0.717, 1.165) is 37.6 Å². The van der Waals surface area contributed by atoms with Gasteiger partial charge in [-0.15, -0.1) is 0 Å². The summed E-state index contributed by atoms with van der Waals surface area (Å²) in [6.45, 7) is 5.15. The third-order valence-corrected chi connectivity index (χ3v) is 6.86. The van der Waals surface area contributed by atoms with Gasteiger partial charge in [0, 0.05) is 26.3 Å². The highest BCUT2D eigenvalue weighted by Gasteiger charge is 2.23. The predicted molar refractivity (Wildman–Crippen MR) is 160 cm³/mol. The average Bonchev–Trinajstić information content (AvgIpc) is 2.96. The van der Waals surface area contributed by atoms with Crippen molar-refractivity contribution in [1.29, 1.82) is 0 Å². The third kappa shape index (κ3) is 8.37. The first-order valence-corrected chi connectivity index (χ1v) is 13.9. The van der Waals surface area contributed by atoms with Crippen LogP contribution in [-0.4, -0.2) is 74.1 Å².